The Hall–Kier alpha value is -2.59. The molecule has 0 spiro atoms. The van der Waals surface area contributed by atoms with E-state index in [9.17, 15) is 4.79 Å². The van der Waals surface area contributed by atoms with Crippen LogP contribution in [0.4, 0.5) is 11.4 Å². The summed E-state index contributed by atoms with van der Waals surface area (Å²) in [7, 11) is 1.53. The number of carbonyl (C=O) groups is 1. The van der Waals surface area contributed by atoms with Crippen molar-refractivity contribution in [1.82, 2.24) is 0 Å². The summed E-state index contributed by atoms with van der Waals surface area (Å²) in [5, 5.41) is 3.69. The average molecular weight is 518 g/mol. The van der Waals surface area contributed by atoms with E-state index in [1.54, 1.807) is 0 Å². The van der Waals surface area contributed by atoms with Crippen LogP contribution in [-0.2, 0) is 21.4 Å². The first-order valence-corrected chi connectivity index (χ1v) is 13.0. The van der Waals surface area contributed by atoms with E-state index in [-0.39, 0.29) is 11.4 Å². The van der Waals surface area contributed by atoms with Crippen LogP contribution in [0.15, 0.2) is 71.2 Å². The van der Waals surface area contributed by atoms with Gasteiger partial charge in [-0.1, -0.05) is 65.7 Å². The molecular formula is C30H32BrNO2. The molecule has 0 amide bonds. The standard InChI is InChI=1S/C30H32BrNO2/c1-29-18-5-19-30(2,28(33)34-3)27(29)17-16-24-25(29)6-4-7-26(24)32-23-14-10-21(11-15-23)20-8-12-22(31)13-9-20/h4,6-15,27,32H,5,16-19H2,1-3H3/t27?,29-,30?/m1/s1. The fourth-order valence-corrected chi connectivity index (χ4v) is 6.92. The minimum absolute atomic E-state index is 0.0160. The van der Waals surface area contributed by atoms with Crippen molar-refractivity contribution >= 4 is 33.3 Å². The van der Waals surface area contributed by atoms with Crippen molar-refractivity contribution in [2.45, 2.75) is 51.4 Å². The maximum absolute atomic E-state index is 12.8. The maximum Gasteiger partial charge on any atom is 0.311 e. The molecule has 2 aliphatic rings. The lowest BCUT2D eigenvalue weighted by atomic mass is 9.49. The molecule has 1 saturated carbocycles. The van der Waals surface area contributed by atoms with Crippen molar-refractivity contribution in [2.75, 3.05) is 12.4 Å². The van der Waals surface area contributed by atoms with Gasteiger partial charge in [-0.15, -0.1) is 0 Å². The molecule has 2 unspecified atom stereocenters. The highest BCUT2D eigenvalue weighted by Gasteiger charge is 2.55. The Balaban J connectivity index is 1.43. The van der Waals surface area contributed by atoms with E-state index in [0.717, 1.165) is 42.3 Å². The second-order valence-corrected chi connectivity index (χ2v) is 11.2. The Labute approximate surface area is 211 Å². The molecule has 34 heavy (non-hydrogen) atoms. The topological polar surface area (TPSA) is 38.3 Å². The van der Waals surface area contributed by atoms with E-state index in [1.165, 1.54) is 35.1 Å². The van der Waals surface area contributed by atoms with Gasteiger partial charge in [0.1, 0.15) is 0 Å². The molecule has 0 saturated heterocycles. The van der Waals surface area contributed by atoms with Gasteiger partial charge in [0.05, 0.1) is 12.5 Å². The monoisotopic (exact) mass is 517 g/mol. The summed E-state index contributed by atoms with van der Waals surface area (Å²) in [6.45, 7) is 4.49. The molecule has 0 aliphatic heterocycles. The number of carbonyl (C=O) groups excluding carboxylic acids is 1. The van der Waals surface area contributed by atoms with Crippen LogP contribution in [0.2, 0.25) is 0 Å². The Morgan fingerprint density at radius 3 is 2.32 bits per heavy atom. The van der Waals surface area contributed by atoms with Crippen molar-refractivity contribution < 1.29 is 9.53 Å². The molecule has 2 aliphatic carbocycles. The van der Waals surface area contributed by atoms with Crippen molar-refractivity contribution in [3.8, 4) is 11.1 Å². The number of ether oxygens (including phenoxy) is 1. The van der Waals surface area contributed by atoms with Gasteiger partial charge in [-0.25, -0.2) is 0 Å². The summed E-state index contributed by atoms with van der Waals surface area (Å²) in [6, 6.07) is 23.7. The van der Waals surface area contributed by atoms with Crippen LogP contribution in [-0.4, -0.2) is 13.1 Å². The highest BCUT2D eigenvalue weighted by molar-refractivity contribution is 9.10. The van der Waals surface area contributed by atoms with Crippen molar-refractivity contribution in [3.63, 3.8) is 0 Å². The van der Waals surface area contributed by atoms with Crippen LogP contribution in [0.3, 0.4) is 0 Å². The zero-order valence-corrected chi connectivity index (χ0v) is 21.7. The summed E-state index contributed by atoms with van der Waals surface area (Å²) in [5.74, 6) is 0.251. The molecule has 1 fully saturated rings. The molecule has 0 bridgehead atoms. The van der Waals surface area contributed by atoms with Crippen LogP contribution < -0.4 is 5.32 Å². The van der Waals surface area contributed by atoms with E-state index in [1.807, 2.05) is 0 Å². The zero-order chi connectivity index (χ0) is 23.9. The maximum atomic E-state index is 12.8. The number of fused-ring (bicyclic) bond motifs is 3. The number of benzene rings is 3. The van der Waals surface area contributed by atoms with Gasteiger partial charge < -0.3 is 10.1 Å². The second kappa shape index (κ2) is 8.88. The highest BCUT2D eigenvalue weighted by atomic mass is 79.9. The van der Waals surface area contributed by atoms with Gasteiger partial charge in [0.25, 0.3) is 0 Å². The number of esters is 1. The minimum atomic E-state index is -0.411. The zero-order valence-electron chi connectivity index (χ0n) is 20.2. The third-order valence-electron chi connectivity index (χ3n) is 8.40. The second-order valence-electron chi connectivity index (χ2n) is 10.3. The Morgan fingerprint density at radius 2 is 1.65 bits per heavy atom. The summed E-state index contributed by atoms with van der Waals surface area (Å²) in [4.78, 5) is 12.8. The molecular weight excluding hydrogens is 486 g/mol. The van der Waals surface area contributed by atoms with E-state index in [4.69, 9.17) is 4.74 Å². The first-order valence-electron chi connectivity index (χ1n) is 12.2. The third kappa shape index (κ3) is 3.86. The molecule has 3 aromatic rings. The Kier molecular flexibility index (Phi) is 6.05. The van der Waals surface area contributed by atoms with Gasteiger partial charge >= 0.3 is 5.97 Å². The Morgan fingerprint density at radius 1 is 0.971 bits per heavy atom. The van der Waals surface area contributed by atoms with Gasteiger partial charge in [-0.05, 0) is 96.5 Å². The summed E-state index contributed by atoms with van der Waals surface area (Å²) in [6.07, 6.45) is 5.06. The van der Waals surface area contributed by atoms with Crippen molar-refractivity contribution in [2.24, 2.45) is 11.3 Å². The van der Waals surface area contributed by atoms with E-state index < -0.39 is 5.41 Å². The molecule has 3 atom stereocenters. The number of nitrogens with one attached hydrogen (secondary N) is 1. The molecule has 3 aromatic carbocycles. The summed E-state index contributed by atoms with van der Waals surface area (Å²) in [5.41, 5.74) is 7.04. The number of anilines is 2. The van der Waals surface area contributed by atoms with Gasteiger partial charge in [0, 0.05) is 15.8 Å². The first-order chi connectivity index (χ1) is 16.3. The minimum Gasteiger partial charge on any atom is -0.469 e. The Bertz CT molecular complexity index is 1200. The van der Waals surface area contributed by atoms with Crippen LogP contribution in [0, 0.1) is 11.3 Å². The molecule has 0 radical (unpaired) electrons. The third-order valence-corrected chi connectivity index (χ3v) is 8.93. The molecule has 0 aromatic heterocycles. The number of halogens is 1. The first kappa shape index (κ1) is 23.2. The quantitative estimate of drug-likeness (QED) is 0.355. The summed E-state index contributed by atoms with van der Waals surface area (Å²) < 4.78 is 6.36. The van der Waals surface area contributed by atoms with E-state index in [2.05, 4.69) is 102 Å². The van der Waals surface area contributed by atoms with Gasteiger partial charge in [-0.2, -0.15) is 0 Å². The number of methoxy groups -OCH3 is 1. The predicted octanol–water partition coefficient (Wildman–Crippen LogP) is 8.04. The average Bonchev–Trinajstić information content (AvgIpc) is 2.85. The summed E-state index contributed by atoms with van der Waals surface area (Å²) >= 11 is 3.51. The van der Waals surface area contributed by atoms with Crippen molar-refractivity contribution in [3.05, 3.63) is 82.3 Å². The highest BCUT2D eigenvalue weighted by Crippen LogP contribution is 2.58. The van der Waals surface area contributed by atoms with Crippen LogP contribution >= 0.6 is 15.9 Å². The van der Waals surface area contributed by atoms with E-state index in [0.29, 0.717) is 5.92 Å². The van der Waals surface area contributed by atoms with E-state index >= 15 is 0 Å². The predicted molar refractivity (Wildman–Crippen MR) is 142 cm³/mol. The number of hydrogen-bond acceptors (Lipinski definition) is 3. The SMILES string of the molecule is COC(=O)C1(C)CCC[C@]2(C)c3cccc(Nc4ccc(-c5ccc(Br)cc5)cc4)c3CCC12. The number of rotatable bonds is 4. The van der Waals surface area contributed by atoms with Gasteiger partial charge in [-0.3, -0.25) is 4.79 Å². The van der Waals surface area contributed by atoms with Crippen molar-refractivity contribution in [1.29, 1.82) is 0 Å². The molecule has 176 valence electrons. The van der Waals surface area contributed by atoms with Crippen LogP contribution in [0.1, 0.15) is 50.7 Å². The lowest BCUT2D eigenvalue weighted by Gasteiger charge is -2.54. The van der Waals surface area contributed by atoms with Gasteiger partial charge in [0.2, 0.25) is 0 Å². The number of hydrogen-bond donors (Lipinski definition) is 1. The molecule has 1 N–H and O–H groups in total. The normalized spacial score (nSPS) is 25.7. The van der Waals surface area contributed by atoms with Crippen LogP contribution in [0.25, 0.3) is 11.1 Å². The fraction of sp³-hybridized carbons (Fsp3) is 0.367. The lowest BCUT2D eigenvalue weighted by Crippen LogP contribution is -2.52. The fourth-order valence-electron chi connectivity index (χ4n) is 6.65. The van der Waals surface area contributed by atoms with Gasteiger partial charge in [0.15, 0.2) is 0 Å². The van der Waals surface area contributed by atoms with Crippen LogP contribution in [0.5, 0.6) is 0 Å². The smallest absolute Gasteiger partial charge is 0.311 e. The lowest BCUT2D eigenvalue weighted by molar-refractivity contribution is -0.161. The largest absolute Gasteiger partial charge is 0.469 e. The molecule has 4 heteroatoms. The molecule has 3 nitrogen and oxygen atoms in total. The molecule has 0 heterocycles. The molecule has 5 rings (SSSR count).